The number of rotatable bonds is 0. The van der Waals surface area contributed by atoms with Crippen molar-refractivity contribution in [3.05, 3.63) is 0 Å². The van der Waals surface area contributed by atoms with E-state index in [1.54, 1.807) is 13.8 Å². The fraction of sp³-hybridized carbons (Fsp3) is 1.00. The Morgan fingerprint density at radius 3 is 1.80 bits per heavy atom. The Morgan fingerprint density at radius 1 is 1.40 bits per heavy atom. The lowest BCUT2D eigenvalue weighted by Gasteiger charge is -2.05. The Morgan fingerprint density at radius 2 is 1.80 bits per heavy atom. The molecule has 0 unspecified atom stereocenters. The molecule has 0 heteroatoms. The zero-order valence-corrected chi connectivity index (χ0v) is 3.65. The van der Waals surface area contributed by atoms with Crippen LogP contribution in [0.3, 0.4) is 0 Å². The predicted molar refractivity (Wildman–Crippen MR) is 25.1 cm³/mol. The molecule has 0 amide bonds. The van der Waals surface area contributed by atoms with Crippen LogP contribution in [0.25, 0.3) is 0 Å². The minimum atomic E-state index is -1.09. The summed E-state index contributed by atoms with van der Waals surface area (Å²) >= 11 is 0. The van der Waals surface area contributed by atoms with Crippen molar-refractivity contribution in [2.45, 2.75) is 27.6 Å². The summed E-state index contributed by atoms with van der Waals surface area (Å²) in [6.45, 7) is 1.000. The molecular formula is C5H12. The third-order valence-electron chi connectivity index (χ3n) is 0. The van der Waals surface area contributed by atoms with Crippen LogP contribution < -0.4 is 0 Å². The fourth-order valence-electron chi connectivity index (χ4n) is 0. The second kappa shape index (κ2) is 1.00. The third kappa shape index (κ3) is 0. The molecule has 0 aliphatic heterocycles. The molecular weight excluding hydrogens is 60.1 g/mol. The first-order valence-electron chi connectivity index (χ1n) is 3.89. The molecule has 0 radical (unpaired) electrons. The minimum Gasteiger partial charge on any atom is -0.0604 e. The van der Waals surface area contributed by atoms with E-state index in [-0.39, 0.29) is 0 Å². The maximum Gasteiger partial charge on any atom is 0.0236 e. The molecule has 0 aromatic heterocycles. The summed E-state index contributed by atoms with van der Waals surface area (Å²) in [7, 11) is 0. The average molecular weight is 76.2 g/mol. The van der Waals surface area contributed by atoms with Gasteiger partial charge in [-0.25, -0.2) is 0 Å². The topological polar surface area (TPSA) is 0 Å². The Labute approximate surface area is 39.8 Å². The first-order chi connectivity index (χ1) is 3.89. The summed E-state index contributed by atoms with van der Waals surface area (Å²) in [6.07, 6.45) is 0. The van der Waals surface area contributed by atoms with Gasteiger partial charge in [-0.05, 0) is 5.41 Å². The van der Waals surface area contributed by atoms with Crippen LogP contribution in [-0.2, 0) is 0 Å². The Balaban J connectivity index is 4.01. The molecule has 0 spiro atoms. The molecule has 0 rings (SSSR count). The standard InChI is InChI=1S/C5H12/c1-5(2,3)4/h1-4H3/i1D2,2D2. The maximum atomic E-state index is 6.94. The molecule has 0 aliphatic carbocycles. The van der Waals surface area contributed by atoms with E-state index in [9.17, 15) is 0 Å². The van der Waals surface area contributed by atoms with E-state index in [0.717, 1.165) is 0 Å². The van der Waals surface area contributed by atoms with E-state index in [4.69, 9.17) is 5.48 Å². The third-order valence-corrected chi connectivity index (χ3v) is 0. The fourth-order valence-corrected chi connectivity index (χ4v) is 0. The molecule has 0 aliphatic rings. The van der Waals surface area contributed by atoms with Gasteiger partial charge in [0, 0.05) is 5.48 Å². The van der Waals surface area contributed by atoms with Crippen LogP contribution in [0.2, 0.25) is 0 Å². The SMILES string of the molecule is [2H]C([2H])C(C)(C)C([2H])[2H]. The van der Waals surface area contributed by atoms with E-state index in [1.807, 2.05) is 0 Å². The van der Waals surface area contributed by atoms with Gasteiger partial charge >= 0.3 is 0 Å². The van der Waals surface area contributed by atoms with E-state index < -0.39 is 19.2 Å². The molecule has 0 fully saturated rings. The summed E-state index contributed by atoms with van der Waals surface area (Å²) in [5.74, 6) is 0. The maximum absolute atomic E-state index is 6.94. The first kappa shape index (κ1) is 1.25. The minimum absolute atomic E-state index is 0.833. The highest BCUT2D eigenvalue weighted by Gasteiger charge is 1.95. The van der Waals surface area contributed by atoms with E-state index >= 15 is 0 Å². The molecule has 5 heavy (non-hydrogen) atoms. The summed E-state index contributed by atoms with van der Waals surface area (Å²) in [6, 6.07) is 0. The largest absolute Gasteiger partial charge is 0.0604 e. The molecule has 0 aromatic rings. The van der Waals surface area contributed by atoms with Crippen molar-refractivity contribution in [1.29, 1.82) is 0 Å². The molecule has 0 heterocycles. The second-order valence-corrected chi connectivity index (χ2v) is 1.82. The van der Waals surface area contributed by atoms with Crippen LogP contribution in [-0.4, -0.2) is 0 Å². The molecule has 0 aromatic carbocycles. The first-order valence-corrected chi connectivity index (χ1v) is 1.58. The Kier molecular flexibility index (Phi) is 0.250. The number of hydrogen-bond donors (Lipinski definition) is 0. The van der Waals surface area contributed by atoms with Crippen molar-refractivity contribution in [2.75, 3.05) is 0 Å². The van der Waals surface area contributed by atoms with E-state index in [0.29, 0.717) is 0 Å². The molecule has 0 saturated carbocycles. The number of hydrogen-bond acceptors (Lipinski definition) is 0. The summed E-state index contributed by atoms with van der Waals surface area (Å²) in [5.41, 5.74) is -0.833. The Hall–Kier alpha value is 0. The lowest BCUT2D eigenvalue weighted by molar-refractivity contribution is 0.469. The van der Waals surface area contributed by atoms with E-state index in [2.05, 4.69) is 0 Å². The van der Waals surface area contributed by atoms with Crippen molar-refractivity contribution in [1.82, 2.24) is 0 Å². The average Bonchev–Trinajstić information content (AvgIpc) is 1.65. The van der Waals surface area contributed by atoms with Crippen molar-refractivity contribution in [2.24, 2.45) is 5.41 Å². The van der Waals surface area contributed by atoms with Gasteiger partial charge in [-0.2, -0.15) is 0 Å². The Bertz CT molecular complexity index is 77.0. The quantitative estimate of drug-likeness (QED) is 0.414. The van der Waals surface area contributed by atoms with Crippen LogP contribution in [0.1, 0.15) is 33.1 Å². The molecule has 0 nitrogen and oxygen atoms in total. The molecule has 0 atom stereocenters. The van der Waals surface area contributed by atoms with Gasteiger partial charge in [0.25, 0.3) is 0 Å². The van der Waals surface area contributed by atoms with Gasteiger partial charge in [0.2, 0.25) is 0 Å². The highest BCUT2D eigenvalue weighted by molar-refractivity contribution is 4.47. The smallest absolute Gasteiger partial charge is 0.0236 e. The van der Waals surface area contributed by atoms with Crippen LogP contribution >= 0.6 is 0 Å². The second-order valence-electron chi connectivity index (χ2n) is 1.82. The zero-order valence-electron chi connectivity index (χ0n) is 7.65. The lowest BCUT2D eigenvalue weighted by atomic mass is 10.0. The van der Waals surface area contributed by atoms with Gasteiger partial charge in [0.15, 0.2) is 0 Å². The normalized spacial score (nSPS) is 24.8. The molecule has 0 N–H and O–H groups in total. The van der Waals surface area contributed by atoms with Gasteiger partial charge in [0.1, 0.15) is 0 Å². The van der Waals surface area contributed by atoms with Crippen LogP contribution in [0.5, 0.6) is 0 Å². The van der Waals surface area contributed by atoms with Crippen molar-refractivity contribution in [3.63, 3.8) is 0 Å². The highest BCUT2D eigenvalue weighted by atomic mass is 14.0. The molecule has 0 bridgehead atoms. The van der Waals surface area contributed by atoms with Gasteiger partial charge < -0.3 is 0 Å². The van der Waals surface area contributed by atoms with Gasteiger partial charge in [-0.1, -0.05) is 27.6 Å². The predicted octanol–water partition coefficient (Wildman–Crippen LogP) is 2.05. The van der Waals surface area contributed by atoms with Gasteiger partial charge in [-0.15, -0.1) is 0 Å². The summed E-state index contributed by atoms with van der Waals surface area (Å²) in [5, 5.41) is 0. The monoisotopic (exact) mass is 76.1 g/mol. The van der Waals surface area contributed by atoms with Crippen molar-refractivity contribution in [3.8, 4) is 0 Å². The zero-order chi connectivity index (χ0) is 7.65. The van der Waals surface area contributed by atoms with Crippen LogP contribution in [0.4, 0.5) is 0 Å². The highest BCUT2D eigenvalue weighted by Crippen LogP contribution is 2.07. The van der Waals surface area contributed by atoms with Gasteiger partial charge in [-0.3, -0.25) is 0 Å². The lowest BCUT2D eigenvalue weighted by Crippen LogP contribution is -1.93. The summed E-state index contributed by atoms with van der Waals surface area (Å²) in [4.78, 5) is 0. The van der Waals surface area contributed by atoms with Crippen LogP contribution in [0, 0.1) is 5.41 Å². The summed E-state index contributed by atoms with van der Waals surface area (Å²) < 4.78 is 27.8. The molecule has 32 valence electrons. The van der Waals surface area contributed by atoms with Gasteiger partial charge in [0.05, 0.1) is 0 Å². The van der Waals surface area contributed by atoms with E-state index in [1.165, 1.54) is 0 Å². The molecule has 0 saturated heterocycles. The van der Waals surface area contributed by atoms with Crippen molar-refractivity contribution < 1.29 is 5.48 Å². The van der Waals surface area contributed by atoms with Crippen LogP contribution in [0.15, 0.2) is 0 Å². The van der Waals surface area contributed by atoms with Crippen molar-refractivity contribution >= 4 is 0 Å².